The summed E-state index contributed by atoms with van der Waals surface area (Å²) in [5.74, 6) is 1.73. The topological polar surface area (TPSA) is 29.1 Å². The van der Waals surface area contributed by atoms with Crippen LogP contribution in [-0.4, -0.2) is 12.5 Å². The standard InChI is InChI=1S/C17H27NO/c1-6-14-7-9-15(10-8-14)17(19)18-11-16(12(2)3)13(4)5/h7-10,12-13,16H,6,11H2,1-5H3,(H,18,19). The van der Waals surface area contributed by atoms with Crippen LogP contribution in [0.5, 0.6) is 0 Å². The molecule has 1 amide bonds. The van der Waals surface area contributed by atoms with Crippen LogP contribution in [0.2, 0.25) is 0 Å². The second kappa shape index (κ2) is 7.32. The molecule has 1 aromatic carbocycles. The summed E-state index contributed by atoms with van der Waals surface area (Å²) in [4.78, 5) is 12.1. The van der Waals surface area contributed by atoms with E-state index in [2.05, 4.69) is 39.9 Å². The Morgan fingerprint density at radius 2 is 1.58 bits per heavy atom. The van der Waals surface area contributed by atoms with E-state index in [1.807, 2.05) is 24.3 Å². The number of carbonyl (C=O) groups excluding carboxylic acids is 1. The van der Waals surface area contributed by atoms with E-state index in [0.717, 1.165) is 18.5 Å². The molecule has 1 N–H and O–H groups in total. The van der Waals surface area contributed by atoms with Crippen LogP contribution in [-0.2, 0) is 6.42 Å². The van der Waals surface area contributed by atoms with Gasteiger partial charge in [-0.15, -0.1) is 0 Å². The summed E-state index contributed by atoms with van der Waals surface area (Å²) in [6.07, 6.45) is 1.00. The highest BCUT2D eigenvalue weighted by Gasteiger charge is 2.18. The number of hydrogen-bond donors (Lipinski definition) is 1. The third-order valence-corrected chi connectivity index (χ3v) is 3.84. The first-order chi connectivity index (χ1) is 8.95. The average Bonchev–Trinajstić information content (AvgIpc) is 2.38. The highest BCUT2D eigenvalue weighted by atomic mass is 16.1. The van der Waals surface area contributed by atoms with Crippen molar-refractivity contribution in [2.45, 2.75) is 41.0 Å². The maximum Gasteiger partial charge on any atom is 0.251 e. The molecule has 0 heterocycles. The van der Waals surface area contributed by atoms with Gasteiger partial charge in [0, 0.05) is 12.1 Å². The van der Waals surface area contributed by atoms with Gasteiger partial charge in [-0.2, -0.15) is 0 Å². The fourth-order valence-electron chi connectivity index (χ4n) is 2.45. The highest BCUT2D eigenvalue weighted by molar-refractivity contribution is 5.94. The van der Waals surface area contributed by atoms with Crippen LogP contribution in [0.3, 0.4) is 0 Å². The number of benzene rings is 1. The van der Waals surface area contributed by atoms with Crippen LogP contribution in [0.25, 0.3) is 0 Å². The summed E-state index contributed by atoms with van der Waals surface area (Å²) < 4.78 is 0. The maximum atomic E-state index is 12.1. The van der Waals surface area contributed by atoms with Crippen molar-refractivity contribution in [3.8, 4) is 0 Å². The van der Waals surface area contributed by atoms with Crippen molar-refractivity contribution in [1.29, 1.82) is 0 Å². The van der Waals surface area contributed by atoms with E-state index in [0.29, 0.717) is 17.8 Å². The number of aryl methyl sites for hydroxylation is 1. The van der Waals surface area contributed by atoms with E-state index < -0.39 is 0 Å². The molecule has 2 nitrogen and oxygen atoms in total. The highest BCUT2D eigenvalue weighted by Crippen LogP contribution is 2.19. The lowest BCUT2D eigenvalue weighted by Crippen LogP contribution is -2.33. The fourth-order valence-corrected chi connectivity index (χ4v) is 2.45. The molecule has 0 fully saturated rings. The molecule has 1 rings (SSSR count). The molecule has 0 aromatic heterocycles. The number of rotatable bonds is 6. The van der Waals surface area contributed by atoms with Crippen LogP contribution in [0.4, 0.5) is 0 Å². The molecular formula is C17H27NO. The van der Waals surface area contributed by atoms with Gasteiger partial charge in [-0.3, -0.25) is 4.79 Å². The second-order valence-electron chi connectivity index (χ2n) is 5.91. The van der Waals surface area contributed by atoms with Crippen molar-refractivity contribution in [3.05, 3.63) is 35.4 Å². The zero-order chi connectivity index (χ0) is 14.4. The molecular weight excluding hydrogens is 234 g/mol. The molecule has 19 heavy (non-hydrogen) atoms. The lowest BCUT2D eigenvalue weighted by Gasteiger charge is -2.25. The largest absolute Gasteiger partial charge is 0.352 e. The number of amides is 1. The van der Waals surface area contributed by atoms with Gasteiger partial charge < -0.3 is 5.32 Å². The SMILES string of the molecule is CCc1ccc(C(=O)NCC(C(C)C)C(C)C)cc1. The van der Waals surface area contributed by atoms with Crippen LogP contribution < -0.4 is 5.32 Å². The van der Waals surface area contributed by atoms with Gasteiger partial charge in [0.2, 0.25) is 0 Å². The van der Waals surface area contributed by atoms with Crippen molar-refractivity contribution in [1.82, 2.24) is 5.32 Å². The van der Waals surface area contributed by atoms with Gasteiger partial charge in [0.25, 0.3) is 5.91 Å². The van der Waals surface area contributed by atoms with Crippen molar-refractivity contribution in [2.75, 3.05) is 6.54 Å². The molecule has 0 bridgehead atoms. The Morgan fingerprint density at radius 3 is 2.00 bits per heavy atom. The Hall–Kier alpha value is -1.31. The van der Waals surface area contributed by atoms with Crippen LogP contribution in [0.1, 0.15) is 50.5 Å². The van der Waals surface area contributed by atoms with Gasteiger partial charge in [-0.05, 0) is 41.9 Å². The molecule has 0 unspecified atom stereocenters. The smallest absolute Gasteiger partial charge is 0.251 e. The van der Waals surface area contributed by atoms with Crippen LogP contribution in [0.15, 0.2) is 24.3 Å². The predicted molar refractivity (Wildman–Crippen MR) is 81.3 cm³/mol. The summed E-state index contributed by atoms with van der Waals surface area (Å²) in [5.41, 5.74) is 2.02. The summed E-state index contributed by atoms with van der Waals surface area (Å²) in [7, 11) is 0. The van der Waals surface area contributed by atoms with Crippen LogP contribution >= 0.6 is 0 Å². The first-order valence-electron chi connectivity index (χ1n) is 7.32. The van der Waals surface area contributed by atoms with E-state index in [-0.39, 0.29) is 5.91 Å². The zero-order valence-electron chi connectivity index (χ0n) is 12.9. The minimum absolute atomic E-state index is 0.0361. The van der Waals surface area contributed by atoms with Crippen molar-refractivity contribution in [3.63, 3.8) is 0 Å². The Balaban J connectivity index is 2.58. The number of nitrogens with one attached hydrogen (secondary N) is 1. The number of carbonyl (C=O) groups is 1. The first-order valence-corrected chi connectivity index (χ1v) is 7.32. The van der Waals surface area contributed by atoms with Crippen LogP contribution in [0, 0.1) is 17.8 Å². The van der Waals surface area contributed by atoms with Gasteiger partial charge in [0.05, 0.1) is 0 Å². The number of hydrogen-bond acceptors (Lipinski definition) is 1. The van der Waals surface area contributed by atoms with Crippen molar-refractivity contribution < 1.29 is 4.79 Å². The minimum atomic E-state index is 0.0361. The van der Waals surface area contributed by atoms with Crippen molar-refractivity contribution >= 4 is 5.91 Å². The predicted octanol–water partition coefficient (Wildman–Crippen LogP) is 3.91. The van der Waals surface area contributed by atoms with E-state index >= 15 is 0 Å². The molecule has 0 saturated carbocycles. The molecule has 0 saturated heterocycles. The van der Waals surface area contributed by atoms with Gasteiger partial charge in [0.1, 0.15) is 0 Å². The summed E-state index contributed by atoms with van der Waals surface area (Å²) >= 11 is 0. The molecule has 1 aromatic rings. The average molecular weight is 261 g/mol. The van der Waals surface area contributed by atoms with Crippen molar-refractivity contribution in [2.24, 2.45) is 17.8 Å². The normalized spacial score (nSPS) is 11.4. The summed E-state index contributed by atoms with van der Waals surface area (Å²) in [6, 6.07) is 7.87. The van der Waals surface area contributed by atoms with E-state index in [4.69, 9.17) is 0 Å². The maximum absolute atomic E-state index is 12.1. The lowest BCUT2D eigenvalue weighted by atomic mass is 9.85. The minimum Gasteiger partial charge on any atom is -0.352 e. The first kappa shape index (κ1) is 15.7. The van der Waals surface area contributed by atoms with Gasteiger partial charge in [0.15, 0.2) is 0 Å². The molecule has 2 heteroatoms. The fraction of sp³-hybridized carbons (Fsp3) is 0.588. The molecule has 106 valence electrons. The third kappa shape index (κ3) is 4.70. The van der Waals surface area contributed by atoms with E-state index in [9.17, 15) is 4.79 Å². The van der Waals surface area contributed by atoms with Gasteiger partial charge >= 0.3 is 0 Å². The molecule has 0 atom stereocenters. The van der Waals surface area contributed by atoms with Gasteiger partial charge in [-0.25, -0.2) is 0 Å². The zero-order valence-corrected chi connectivity index (χ0v) is 12.9. The molecule has 0 spiro atoms. The molecule has 0 aliphatic rings. The second-order valence-corrected chi connectivity index (χ2v) is 5.91. The van der Waals surface area contributed by atoms with E-state index in [1.165, 1.54) is 5.56 Å². The lowest BCUT2D eigenvalue weighted by molar-refractivity contribution is 0.0937. The molecule has 0 aliphatic carbocycles. The summed E-state index contributed by atoms with van der Waals surface area (Å²) in [6.45, 7) is 11.7. The summed E-state index contributed by atoms with van der Waals surface area (Å²) in [5, 5.41) is 3.06. The Labute approximate surface area is 117 Å². The third-order valence-electron chi connectivity index (χ3n) is 3.84. The Kier molecular flexibility index (Phi) is 6.07. The molecule has 0 aliphatic heterocycles. The van der Waals surface area contributed by atoms with Gasteiger partial charge in [-0.1, -0.05) is 46.8 Å². The van der Waals surface area contributed by atoms with E-state index in [1.54, 1.807) is 0 Å². The Bertz CT molecular complexity index is 384. The quantitative estimate of drug-likeness (QED) is 0.826. The Morgan fingerprint density at radius 1 is 1.05 bits per heavy atom. The molecule has 0 radical (unpaired) electrons. The monoisotopic (exact) mass is 261 g/mol.